The second-order valence-corrected chi connectivity index (χ2v) is 11.1. The van der Waals surface area contributed by atoms with E-state index in [9.17, 15) is 0 Å². The van der Waals surface area contributed by atoms with Gasteiger partial charge in [-0.25, -0.2) is 4.68 Å². The van der Waals surface area contributed by atoms with Crippen molar-refractivity contribution in [2.45, 2.75) is 56.7 Å². The van der Waals surface area contributed by atoms with Crippen LogP contribution in [0.3, 0.4) is 0 Å². The molecule has 2 aromatic rings. The van der Waals surface area contributed by atoms with Gasteiger partial charge in [0, 0.05) is 56.4 Å². The van der Waals surface area contributed by atoms with Crippen molar-refractivity contribution in [1.29, 1.82) is 0 Å². The average Bonchev–Trinajstić information content (AvgIpc) is 3.48. The van der Waals surface area contributed by atoms with E-state index < -0.39 is 0 Å². The normalized spacial score (nSPS) is 24.5. The number of aromatic nitrogens is 4. The summed E-state index contributed by atoms with van der Waals surface area (Å²) in [7, 11) is 0. The fourth-order valence-corrected chi connectivity index (χ4v) is 6.71. The van der Waals surface area contributed by atoms with Gasteiger partial charge in [-0.1, -0.05) is 36.8 Å². The van der Waals surface area contributed by atoms with Gasteiger partial charge in [0.1, 0.15) is 0 Å². The van der Waals surface area contributed by atoms with Crippen LogP contribution in [0.25, 0.3) is 0 Å². The maximum atomic E-state index is 4.71. The van der Waals surface area contributed by atoms with E-state index >= 15 is 0 Å². The molecule has 0 bridgehead atoms. The molecule has 3 aliphatic heterocycles. The van der Waals surface area contributed by atoms with E-state index in [1.807, 2.05) is 0 Å². The minimum absolute atomic E-state index is 0.116. The van der Waals surface area contributed by atoms with E-state index in [0.29, 0.717) is 0 Å². The van der Waals surface area contributed by atoms with Gasteiger partial charge in [0.25, 0.3) is 0 Å². The van der Waals surface area contributed by atoms with E-state index in [1.54, 1.807) is 11.9 Å². The van der Waals surface area contributed by atoms with Gasteiger partial charge in [-0.2, -0.15) is 4.83 Å². The lowest BCUT2D eigenvalue weighted by Crippen LogP contribution is -2.56. The van der Waals surface area contributed by atoms with Gasteiger partial charge >= 0.3 is 0 Å². The highest BCUT2D eigenvalue weighted by molar-refractivity contribution is 8.00. The number of nitrogens with zero attached hydrogens (tertiary/aromatic N) is 7. The molecule has 188 valence electrons. The molecule has 3 fully saturated rings. The number of hydrogen-bond donors (Lipinski definition) is 2. The number of hydrogen-bond acceptors (Lipinski definition) is 9. The Labute approximate surface area is 212 Å². The third-order valence-corrected chi connectivity index (χ3v) is 9.02. The Balaban J connectivity index is 1.24. The molecule has 1 aromatic carbocycles. The summed E-state index contributed by atoms with van der Waals surface area (Å²) in [5.41, 5.74) is 5.64. The fraction of sp³-hybridized carbons (Fsp3) is 0.640. The van der Waals surface area contributed by atoms with Crippen molar-refractivity contribution in [3.8, 4) is 0 Å². The van der Waals surface area contributed by atoms with Crippen molar-refractivity contribution in [2.24, 2.45) is 0 Å². The van der Waals surface area contributed by atoms with Gasteiger partial charge in [0.15, 0.2) is 5.82 Å². The first kappa shape index (κ1) is 23.4. The third-order valence-electron chi connectivity index (χ3n) is 8.40. The fourth-order valence-electron chi connectivity index (χ4n) is 6.19. The van der Waals surface area contributed by atoms with Gasteiger partial charge in [-0.15, -0.1) is 5.10 Å². The van der Waals surface area contributed by atoms with Crippen molar-refractivity contribution in [1.82, 2.24) is 45.2 Å². The predicted molar refractivity (Wildman–Crippen MR) is 138 cm³/mol. The number of rotatable bonds is 7. The molecule has 0 spiro atoms. The van der Waals surface area contributed by atoms with Crippen molar-refractivity contribution < 1.29 is 0 Å². The Morgan fingerprint density at radius 3 is 2.54 bits per heavy atom. The summed E-state index contributed by atoms with van der Waals surface area (Å²) in [6, 6.07) is 11.4. The molecule has 2 saturated heterocycles. The largest absolute Gasteiger partial charge is 0.314 e. The molecule has 1 aromatic heterocycles. The first-order chi connectivity index (χ1) is 17.3. The monoisotopic (exact) mass is 495 g/mol. The number of piperidine rings is 1. The Kier molecular flexibility index (Phi) is 7.07. The van der Waals surface area contributed by atoms with Crippen LogP contribution in [0.1, 0.15) is 49.9 Å². The van der Waals surface area contributed by atoms with E-state index in [0.717, 1.165) is 70.5 Å². The van der Waals surface area contributed by atoms with Crippen LogP contribution in [0.5, 0.6) is 0 Å². The number of hydrazine groups is 1. The lowest BCUT2D eigenvalue weighted by Gasteiger charge is -2.48. The average molecular weight is 496 g/mol. The summed E-state index contributed by atoms with van der Waals surface area (Å²) in [6.45, 7) is 8.38. The summed E-state index contributed by atoms with van der Waals surface area (Å²) in [5.74, 6) is 1.05. The van der Waals surface area contributed by atoms with Gasteiger partial charge in [0.2, 0.25) is 0 Å². The van der Waals surface area contributed by atoms with Crippen LogP contribution < -0.4 is 10.3 Å². The second-order valence-electron chi connectivity index (χ2n) is 10.4. The summed E-state index contributed by atoms with van der Waals surface area (Å²) in [6.07, 6.45) is 7.50. The second kappa shape index (κ2) is 10.6. The standard InChI is InChI=1S/C25H37N9S/c1-2-6-21(7-3-1)18-34-24(27-28-29-34)25(10-14-31(15-11-25)19-22-20-35-30-26-22)33-13-5-12-32(16-17-33)23-8-4-9-23/h1-3,6-7,20,23,26,30H,4-5,8-19H2. The Bertz CT molecular complexity index is 997. The zero-order chi connectivity index (χ0) is 23.5. The highest BCUT2D eigenvalue weighted by atomic mass is 32.2. The molecule has 35 heavy (non-hydrogen) atoms. The Morgan fingerprint density at radius 1 is 0.943 bits per heavy atom. The van der Waals surface area contributed by atoms with E-state index in [4.69, 9.17) is 5.10 Å². The van der Waals surface area contributed by atoms with E-state index in [2.05, 4.69) is 75.8 Å². The zero-order valence-corrected chi connectivity index (χ0v) is 21.3. The van der Waals surface area contributed by atoms with Crippen LogP contribution in [0, 0.1) is 0 Å². The smallest absolute Gasteiger partial charge is 0.172 e. The molecule has 1 aliphatic carbocycles. The molecule has 10 heteroatoms. The molecular formula is C25H37N9S. The molecule has 1 saturated carbocycles. The number of benzene rings is 1. The van der Waals surface area contributed by atoms with Gasteiger partial charge < -0.3 is 5.43 Å². The summed E-state index contributed by atoms with van der Waals surface area (Å²) in [5, 5.41) is 15.6. The Hall–Kier alpha value is -1.98. The van der Waals surface area contributed by atoms with Crippen LogP contribution >= 0.6 is 11.9 Å². The minimum atomic E-state index is -0.116. The predicted octanol–water partition coefficient (Wildman–Crippen LogP) is 2.17. The van der Waals surface area contributed by atoms with Crippen LogP contribution in [0.15, 0.2) is 41.4 Å². The summed E-state index contributed by atoms with van der Waals surface area (Å²) >= 11 is 1.61. The lowest BCUT2D eigenvalue weighted by atomic mass is 9.84. The lowest BCUT2D eigenvalue weighted by molar-refractivity contribution is 0.00996. The van der Waals surface area contributed by atoms with Crippen LogP contribution in [0.2, 0.25) is 0 Å². The van der Waals surface area contributed by atoms with Crippen molar-refractivity contribution in [2.75, 3.05) is 45.8 Å². The first-order valence-electron chi connectivity index (χ1n) is 13.2. The van der Waals surface area contributed by atoms with Crippen LogP contribution in [-0.2, 0) is 12.1 Å². The Morgan fingerprint density at radius 2 is 1.80 bits per heavy atom. The van der Waals surface area contributed by atoms with Crippen molar-refractivity contribution in [3.63, 3.8) is 0 Å². The van der Waals surface area contributed by atoms with E-state index in [-0.39, 0.29) is 5.54 Å². The molecule has 6 rings (SSSR count). The van der Waals surface area contributed by atoms with Crippen LogP contribution in [-0.4, -0.2) is 86.8 Å². The molecule has 0 unspecified atom stereocenters. The maximum Gasteiger partial charge on any atom is 0.172 e. The molecule has 2 N–H and O–H groups in total. The maximum absolute atomic E-state index is 4.71. The quantitative estimate of drug-likeness (QED) is 0.562. The summed E-state index contributed by atoms with van der Waals surface area (Å²) < 4.78 is 2.07. The van der Waals surface area contributed by atoms with Gasteiger partial charge in [-0.3, -0.25) is 14.7 Å². The SMILES string of the molecule is C1=C(CN2CCC(c3nnnn3Cc3ccccc3)(N3CCCN(C4CCC4)CC3)CC2)NNS1. The van der Waals surface area contributed by atoms with E-state index in [1.165, 1.54) is 43.5 Å². The molecule has 0 radical (unpaired) electrons. The zero-order valence-electron chi connectivity index (χ0n) is 20.5. The first-order valence-corrected chi connectivity index (χ1v) is 14.1. The highest BCUT2D eigenvalue weighted by Gasteiger charge is 2.46. The van der Waals surface area contributed by atoms with Crippen molar-refractivity contribution >= 4 is 11.9 Å². The molecule has 0 atom stereocenters. The summed E-state index contributed by atoms with van der Waals surface area (Å²) in [4.78, 5) is 11.2. The topological polar surface area (TPSA) is 77.4 Å². The molecule has 4 aliphatic rings. The third kappa shape index (κ3) is 4.99. The molecule has 9 nitrogen and oxygen atoms in total. The number of nitrogens with one attached hydrogen (secondary N) is 2. The molecular weight excluding hydrogens is 458 g/mol. The van der Waals surface area contributed by atoms with Crippen LogP contribution in [0.4, 0.5) is 0 Å². The molecule has 4 heterocycles. The van der Waals surface area contributed by atoms with Gasteiger partial charge in [0.05, 0.1) is 12.1 Å². The minimum Gasteiger partial charge on any atom is -0.314 e. The number of likely N-dealkylation sites (tertiary alicyclic amines) is 1. The van der Waals surface area contributed by atoms with Gasteiger partial charge in [-0.05, 0) is 66.6 Å². The van der Waals surface area contributed by atoms with Crippen molar-refractivity contribution in [3.05, 3.63) is 52.8 Å². The number of tetrazole rings is 1. The molecule has 0 amide bonds. The highest BCUT2D eigenvalue weighted by Crippen LogP contribution is 2.39.